The molecule has 0 aliphatic heterocycles. The third-order valence-corrected chi connectivity index (χ3v) is 5.12. The monoisotopic (exact) mass is 263 g/mol. The molecule has 0 bridgehead atoms. The van der Waals surface area contributed by atoms with E-state index >= 15 is 0 Å². The van der Waals surface area contributed by atoms with Gasteiger partial charge in [-0.3, -0.25) is 0 Å². The lowest BCUT2D eigenvalue weighted by molar-refractivity contribution is -0.158. The van der Waals surface area contributed by atoms with E-state index in [0.717, 1.165) is 18.9 Å². The number of ether oxygens (including phenoxy) is 1. The van der Waals surface area contributed by atoms with Crippen molar-refractivity contribution in [1.29, 1.82) is 0 Å². The van der Waals surface area contributed by atoms with Gasteiger partial charge in [0.05, 0.1) is 6.10 Å². The Morgan fingerprint density at radius 3 is 2.89 bits per heavy atom. The molecule has 3 aliphatic rings. The first kappa shape index (κ1) is 11.7. The van der Waals surface area contributed by atoms with Gasteiger partial charge in [0.2, 0.25) is 0 Å². The van der Waals surface area contributed by atoms with Gasteiger partial charge in [-0.25, -0.2) is 0 Å². The lowest BCUT2D eigenvalue weighted by Crippen LogP contribution is -2.64. The largest absolute Gasteiger partial charge is 0.378 e. The highest BCUT2D eigenvalue weighted by Gasteiger charge is 2.59. The number of nitrogens with zero attached hydrogens (tertiary/aromatic N) is 2. The predicted octanol–water partition coefficient (Wildman–Crippen LogP) is 2.71. The lowest BCUT2D eigenvalue weighted by atomic mass is 9.51. The second kappa shape index (κ2) is 4.20. The Kier molecular flexibility index (Phi) is 2.59. The fourth-order valence-electron chi connectivity index (χ4n) is 3.59. The Labute approximate surface area is 113 Å². The summed E-state index contributed by atoms with van der Waals surface area (Å²) in [7, 11) is 0. The van der Waals surface area contributed by atoms with Crippen LogP contribution in [0.4, 0.5) is 6.01 Å². The van der Waals surface area contributed by atoms with Crippen molar-refractivity contribution in [2.24, 2.45) is 5.41 Å². The minimum atomic E-state index is 0.338. The Morgan fingerprint density at radius 2 is 2.26 bits per heavy atom. The third kappa shape index (κ3) is 1.78. The van der Waals surface area contributed by atoms with Crippen LogP contribution in [0, 0.1) is 5.41 Å². The van der Waals surface area contributed by atoms with Gasteiger partial charge in [-0.05, 0) is 39.0 Å². The van der Waals surface area contributed by atoms with Crippen LogP contribution in [0.3, 0.4) is 0 Å². The van der Waals surface area contributed by atoms with Crippen molar-refractivity contribution in [2.75, 3.05) is 11.9 Å². The number of hydrogen-bond donors (Lipinski definition) is 1. The summed E-state index contributed by atoms with van der Waals surface area (Å²) in [5, 5.41) is 7.50. The summed E-state index contributed by atoms with van der Waals surface area (Å²) in [5.74, 6) is 1.43. The van der Waals surface area contributed by atoms with Crippen molar-refractivity contribution in [3.63, 3.8) is 0 Å². The Bertz CT molecular complexity index is 465. The zero-order valence-corrected chi connectivity index (χ0v) is 11.4. The van der Waals surface area contributed by atoms with E-state index in [9.17, 15) is 0 Å². The van der Waals surface area contributed by atoms with Gasteiger partial charge >= 0.3 is 6.01 Å². The molecule has 1 aromatic heterocycles. The SMILES string of the molecule is CCO[C@@H]1C[C@@H](Nc2nc(C3CC3)no2)C12CCC2. The van der Waals surface area contributed by atoms with E-state index in [-0.39, 0.29) is 0 Å². The summed E-state index contributed by atoms with van der Waals surface area (Å²) in [4.78, 5) is 4.46. The van der Waals surface area contributed by atoms with E-state index in [4.69, 9.17) is 9.26 Å². The highest BCUT2D eigenvalue weighted by atomic mass is 16.5. The normalized spacial score (nSPS) is 31.8. The van der Waals surface area contributed by atoms with Crippen molar-refractivity contribution < 1.29 is 9.26 Å². The maximum absolute atomic E-state index is 5.85. The predicted molar refractivity (Wildman–Crippen MR) is 70.0 cm³/mol. The average molecular weight is 263 g/mol. The van der Waals surface area contributed by atoms with Gasteiger partial charge in [-0.2, -0.15) is 4.98 Å². The summed E-state index contributed by atoms with van der Waals surface area (Å²) in [6, 6.07) is 1.05. The fraction of sp³-hybridized carbons (Fsp3) is 0.857. The first-order chi connectivity index (χ1) is 9.32. The fourth-order valence-corrected chi connectivity index (χ4v) is 3.59. The molecule has 3 fully saturated rings. The first-order valence-electron chi connectivity index (χ1n) is 7.53. The highest BCUT2D eigenvalue weighted by molar-refractivity contribution is 5.29. The minimum Gasteiger partial charge on any atom is -0.378 e. The Balaban J connectivity index is 1.42. The van der Waals surface area contributed by atoms with Crippen molar-refractivity contribution in [2.45, 2.75) is 63.5 Å². The van der Waals surface area contributed by atoms with Crippen LogP contribution < -0.4 is 5.32 Å². The molecule has 3 aliphatic carbocycles. The van der Waals surface area contributed by atoms with E-state index in [2.05, 4.69) is 22.4 Å². The quantitative estimate of drug-likeness (QED) is 0.885. The summed E-state index contributed by atoms with van der Waals surface area (Å²) < 4.78 is 11.2. The second-order valence-corrected chi connectivity index (χ2v) is 6.20. The van der Waals surface area contributed by atoms with Gasteiger partial charge in [-0.1, -0.05) is 11.6 Å². The molecule has 1 heterocycles. The molecule has 1 N–H and O–H groups in total. The topological polar surface area (TPSA) is 60.2 Å². The molecular weight excluding hydrogens is 242 g/mol. The van der Waals surface area contributed by atoms with Crippen LogP contribution in [0.1, 0.15) is 57.2 Å². The van der Waals surface area contributed by atoms with Crippen molar-refractivity contribution >= 4 is 6.01 Å². The molecular formula is C14H21N3O2. The van der Waals surface area contributed by atoms with Gasteiger partial charge in [0.25, 0.3) is 0 Å². The third-order valence-electron chi connectivity index (χ3n) is 5.12. The van der Waals surface area contributed by atoms with Crippen LogP contribution in [0.5, 0.6) is 0 Å². The molecule has 4 rings (SSSR count). The van der Waals surface area contributed by atoms with E-state index in [1.165, 1.54) is 32.1 Å². The second-order valence-electron chi connectivity index (χ2n) is 6.20. The van der Waals surface area contributed by atoms with E-state index in [1.807, 2.05) is 0 Å². The summed E-state index contributed by atoms with van der Waals surface area (Å²) in [6.45, 7) is 2.89. The molecule has 1 spiro atoms. The average Bonchev–Trinajstić information content (AvgIpc) is 3.06. The number of anilines is 1. The first-order valence-corrected chi connectivity index (χ1v) is 7.53. The smallest absolute Gasteiger partial charge is 0.321 e. The van der Waals surface area contributed by atoms with Gasteiger partial charge in [0.1, 0.15) is 0 Å². The van der Waals surface area contributed by atoms with Crippen LogP contribution >= 0.6 is 0 Å². The van der Waals surface area contributed by atoms with Gasteiger partial charge in [0, 0.05) is 24.0 Å². The van der Waals surface area contributed by atoms with Gasteiger partial charge in [0.15, 0.2) is 5.82 Å². The molecule has 1 aromatic rings. The molecule has 3 saturated carbocycles. The molecule has 0 amide bonds. The van der Waals surface area contributed by atoms with Crippen LogP contribution in [0.2, 0.25) is 0 Å². The molecule has 5 nitrogen and oxygen atoms in total. The molecule has 0 unspecified atom stereocenters. The molecule has 0 radical (unpaired) electrons. The lowest BCUT2D eigenvalue weighted by Gasteiger charge is -2.60. The zero-order valence-electron chi connectivity index (χ0n) is 11.4. The molecule has 0 aromatic carbocycles. The Morgan fingerprint density at radius 1 is 1.42 bits per heavy atom. The number of nitrogens with one attached hydrogen (secondary N) is 1. The Hall–Kier alpha value is -1.10. The number of aromatic nitrogens is 2. The van der Waals surface area contributed by atoms with Crippen LogP contribution in [-0.2, 0) is 4.74 Å². The van der Waals surface area contributed by atoms with E-state index in [0.29, 0.717) is 29.5 Å². The molecule has 2 atom stereocenters. The summed E-state index contributed by atoms with van der Waals surface area (Å²) in [5.41, 5.74) is 0.338. The standard InChI is InChI=1S/C14H21N3O2/c1-2-18-11-8-10(14(11)6-3-7-14)15-13-16-12(17-19-13)9-4-5-9/h9-11H,2-8H2,1H3,(H,15,16,17)/t10-,11-/m1/s1. The number of rotatable bonds is 5. The van der Waals surface area contributed by atoms with E-state index < -0.39 is 0 Å². The number of hydrogen-bond acceptors (Lipinski definition) is 5. The maximum Gasteiger partial charge on any atom is 0.321 e. The van der Waals surface area contributed by atoms with Gasteiger partial charge < -0.3 is 14.6 Å². The van der Waals surface area contributed by atoms with Crippen LogP contribution in [0.15, 0.2) is 4.52 Å². The van der Waals surface area contributed by atoms with Gasteiger partial charge in [-0.15, -0.1) is 0 Å². The maximum atomic E-state index is 5.85. The summed E-state index contributed by atoms with van der Waals surface area (Å²) >= 11 is 0. The van der Waals surface area contributed by atoms with Crippen molar-refractivity contribution in [1.82, 2.24) is 10.1 Å². The zero-order chi connectivity index (χ0) is 12.9. The molecule has 5 heteroatoms. The molecule has 0 saturated heterocycles. The molecule has 104 valence electrons. The van der Waals surface area contributed by atoms with Crippen molar-refractivity contribution in [3.8, 4) is 0 Å². The van der Waals surface area contributed by atoms with Crippen LogP contribution in [0.25, 0.3) is 0 Å². The minimum absolute atomic E-state index is 0.338. The van der Waals surface area contributed by atoms with Crippen LogP contribution in [-0.4, -0.2) is 28.9 Å². The van der Waals surface area contributed by atoms with Crippen molar-refractivity contribution in [3.05, 3.63) is 5.82 Å². The van der Waals surface area contributed by atoms with E-state index in [1.54, 1.807) is 0 Å². The highest BCUT2D eigenvalue weighted by Crippen LogP contribution is 2.58. The summed E-state index contributed by atoms with van der Waals surface area (Å²) in [6.07, 6.45) is 7.75. The molecule has 19 heavy (non-hydrogen) atoms.